The Bertz CT molecular complexity index is 273. The minimum atomic E-state index is -4.20. The molecule has 7 heteroatoms. The Morgan fingerprint density at radius 2 is 2.23 bits per heavy atom. The summed E-state index contributed by atoms with van der Waals surface area (Å²) in [6, 6.07) is 0. The number of aromatic nitrogens is 2. The molecular weight excluding hydrogens is 205 g/mol. The second-order valence-electron chi connectivity index (χ2n) is 2.26. The zero-order valence-electron chi connectivity index (χ0n) is 6.45. The van der Waals surface area contributed by atoms with E-state index in [4.69, 9.17) is 5.11 Å². The number of hydrogen-bond acceptors (Lipinski definition) is 3. The third-order valence-electron chi connectivity index (χ3n) is 1.21. The highest BCUT2D eigenvalue weighted by Gasteiger charge is 2.27. The molecule has 0 aromatic carbocycles. The molecule has 0 bridgehead atoms. The number of thioether (sulfide) groups is 1. The van der Waals surface area contributed by atoms with Crippen molar-refractivity contribution in [2.45, 2.75) is 12.1 Å². The Labute approximate surface area is 76.5 Å². The summed E-state index contributed by atoms with van der Waals surface area (Å²) in [6.45, 7) is 0.130. The molecule has 1 rings (SSSR count). The highest BCUT2D eigenvalue weighted by Crippen LogP contribution is 2.29. The van der Waals surface area contributed by atoms with Crippen LogP contribution in [0.1, 0.15) is 0 Å². The molecule has 0 atom stereocenters. The number of alkyl halides is 3. The highest BCUT2D eigenvalue weighted by atomic mass is 32.2. The predicted molar refractivity (Wildman–Crippen MR) is 42.4 cm³/mol. The molecule has 0 spiro atoms. The molecule has 1 aromatic rings. The van der Waals surface area contributed by atoms with E-state index in [2.05, 4.69) is 5.10 Å². The van der Waals surface area contributed by atoms with Crippen molar-refractivity contribution < 1.29 is 18.3 Å². The van der Waals surface area contributed by atoms with E-state index < -0.39 is 5.51 Å². The summed E-state index contributed by atoms with van der Waals surface area (Å²) in [7, 11) is 0. The Morgan fingerprint density at radius 1 is 1.54 bits per heavy atom. The summed E-state index contributed by atoms with van der Waals surface area (Å²) in [5, 5.41) is 12.4. The average Bonchev–Trinajstić information content (AvgIpc) is 2.33. The van der Waals surface area contributed by atoms with Gasteiger partial charge in [0.15, 0.2) is 5.75 Å². The molecule has 0 aliphatic heterocycles. The molecule has 0 radical (unpaired) electrons. The van der Waals surface area contributed by atoms with E-state index in [1.165, 1.54) is 17.1 Å². The van der Waals surface area contributed by atoms with Gasteiger partial charge in [-0.1, -0.05) is 0 Å². The van der Waals surface area contributed by atoms with Crippen LogP contribution in [0.4, 0.5) is 13.2 Å². The SMILES string of the molecule is Oc1cnn(CCSC(F)(F)F)c1. The van der Waals surface area contributed by atoms with Crippen molar-refractivity contribution in [2.75, 3.05) is 5.75 Å². The molecule has 3 nitrogen and oxygen atoms in total. The van der Waals surface area contributed by atoms with Gasteiger partial charge in [-0.25, -0.2) is 0 Å². The molecule has 0 fully saturated rings. The van der Waals surface area contributed by atoms with Crippen LogP contribution in [-0.4, -0.2) is 26.1 Å². The van der Waals surface area contributed by atoms with Gasteiger partial charge < -0.3 is 5.11 Å². The van der Waals surface area contributed by atoms with E-state index in [-0.39, 0.29) is 29.8 Å². The second kappa shape index (κ2) is 3.91. The van der Waals surface area contributed by atoms with Crippen molar-refractivity contribution >= 4 is 11.8 Å². The Kier molecular flexibility index (Phi) is 3.07. The molecule has 1 N–H and O–H groups in total. The largest absolute Gasteiger partial charge is 0.505 e. The third kappa shape index (κ3) is 4.07. The highest BCUT2D eigenvalue weighted by molar-refractivity contribution is 8.00. The molecule has 13 heavy (non-hydrogen) atoms. The standard InChI is InChI=1S/C6H7F3N2OS/c7-6(8,9)13-2-1-11-4-5(12)3-10-11/h3-4,12H,1-2H2. The van der Waals surface area contributed by atoms with E-state index in [0.29, 0.717) is 0 Å². The molecule has 1 aromatic heterocycles. The number of aromatic hydroxyl groups is 1. The van der Waals surface area contributed by atoms with E-state index in [9.17, 15) is 13.2 Å². The lowest BCUT2D eigenvalue weighted by atomic mass is 10.6. The fourth-order valence-electron chi connectivity index (χ4n) is 0.730. The number of rotatable bonds is 3. The Balaban J connectivity index is 2.28. The summed E-state index contributed by atoms with van der Waals surface area (Å²) in [5.74, 6) is -0.151. The Morgan fingerprint density at radius 3 is 2.69 bits per heavy atom. The Hall–Kier alpha value is -0.850. The van der Waals surface area contributed by atoms with Gasteiger partial charge in [0.2, 0.25) is 0 Å². The van der Waals surface area contributed by atoms with Gasteiger partial charge >= 0.3 is 5.51 Å². The maximum Gasteiger partial charge on any atom is 0.441 e. The van der Waals surface area contributed by atoms with Crippen LogP contribution in [-0.2, 0) is 6.54 Å². The molecule has 0 saturated carbocycles. The first-order chi connectivity index (χ1) is 5.97. The molecule has 0 aliphatic carbocycles. The summed E-state index contributed by atoms with van der Waals surface area (Å²) in [4.78, 5) is 0. The first-order valence-corrected chi connectivity index (χ1v) is 4.38. The van der Waals surface area contributed by atoms with Gasteiger partial charge in [-0.05, 0) is 11.8 Å². The summed E-state index contributed by atoms with van der Waals surface area (Å²) < 4.78 is 36.2. The van der Waals surface area contributed by atoms with E-state index >= 15 is 0 Å². The van der Waals surface area contributed by atoms with Crippen LogP contribution >= 0.6 is 11.8 Å². The summed E-state index contributed by atoms with van der Waals surface area (Å²) in [5.41, 5.74) is -4.20. The molecule has 0 aliphatic rings. The molecular formula is C6H7F3N2OS. The van der Waals surface area contributed by atoms with Crippen molar-refractivity contribution in [3.8, 4) is 5.75 Å². The van der Waals surface area contributed by atoms with Gasteiger partial charge in [-0.15, -0.1) is 0 Å². The van der Waals surface area contributed by atoms with Gasteiger partial charge in [0.05, 0.1) is 18.9 Å². The molecule has 0 unspecified atom stereocenters. The van der Waals surface area contributed by atoms with Gasteiger partial charge in [0, 0.05) is 5.75 Å². The molecule has 0 amide bonds. The molecule has 74 valence electrons. The molecule has 0 saturated heterocycles. The first-order valence-electron chi connectivity index (χ1n) is 3.39. The monoisotopic (exact) mass is 212 g/mol. The van der Waals surface area contributed by atoms with Gasteiger partial charge in [-0.2, -0.15) is 18.3 Å². The maximum absolute atomic E-state index is 11.6. The van der Waals surface area contributed by atoms with Crippen molar-refractivity contribution in [3.63, 3.8) is 0 Å². The van der Waals surface area contributed by atoms with E-state index in [1.807, 2.05) is 0 Å². The van der Waals surface area contributed by atoms with Crippen LogP contribution in [0.2, 0.25) is 0 Å². The molecule has 1 heterocycles. The zero-order chi connectivity index (χ0) is 9.90. The lowest BCUT2D eigenvalue weighted by Crippen LogP contribution is -2.06. The van der Waals surface area contributed by atoms with Crippen molar-refractivity contribution in [1.29, 1.82) is 0 Å². The topological polar surface area (TPSA) is 38.1 Å². The van der Waals surface area contributed by atoms with Crippen LogP contribution in [0.3, 0.4) is 0 Å². The quantitative estimate of drug-likeness (QED) is 0.830. The van der Waals surface area contributed by atoms with Crippen LogP contribution in [0.15, 0.2) is 12.4 Å². The van der Waals surface area contributed by atoms with Gasteiger partial charge in [0.1, 0.15) is 0 Å². The second-order valence-corrected chi connectivity index (χ2v) is 3.42. The number of aryl methyl sites for hydroxylation is 1. The van der Waals surface area contributed by atoms with E-state index in [0.717, 1.165) is 0 Å². The third-order valence-corrected chi connectivity index (χ3v) is 1.92. The first kappa shape index (κ1) is 10.2. The van der Waals surface area contributed by atoms with Crippen LogP contribution < -0.4 is 0 Å². The fraction of sp³-hybridized carbons (Fsp3) is 0.500. The van der Waals surface area contributed by atoms with Crippen molar-refractivity contribution in [3.05, 3.63) is 12.4 Å². The van der Waals surface area contributed by atoms with Crippen LogP contribution in [0.5, 0.6) is 5.75 Å². The van der Waals surface area contributed by atoms with Crippen LogP contribution in [0.25, 0.3) is 0 Å². The van der Waals surface area contributed by atoms with E-state index in [1.54, 1.807) is 0 Å². The number of halogens is 3. The summed E-state index contributed by atoms with van der Waals surface area (Å²) in [6.07, 6.45) is 2.45. The maximum atomic E-state index is 11.6. The van der Waals surface area contributed by atoms with Crippen LogP contribution in [0, 0.1) is 0 Å². The smallest absolute Gasteiger partial charge is 0.441 e. The summed E-state index contributed by atoms with van der Waals surface area (Å²) >= 11 is -0.105. The minimum Gasteiger partial charge on any atom is -0.505 e. The zero-order valence-corrected chi connectivity index (χ0v) is 7.27. The lowest BCUT2D eigenvalue weighted by molar-refractivity contribution is -0.0328. The van der Waals surface area contributed by atoms with Crippen molar-refractivity contribution in [1.82, 2.24) is 9.78 Å². The normalized spacial score (nSPS) is 11.9. The number of hydrogen-bond donors (Lipinski definition) is 1. The average molecular weight is 212 g/mol. The number of nitrogens with zero attached hydrogens (tertiary/aromatic N) is 2. The minimum absolute atomic E-state index is 0.0444. The van der Waals surface area contributed by atoms with Gasteiger partial charge in [0.25, 0.3) is 0 Å². The van der Waals surface area contributed by atoms with Crippen molar-refractivity contribution in [2.24, 2.45) is 0 Å². The fourth-order valence-corrected chi connectivity index (χ4v) is 1.24. The van der Waals surface area contributed by atoms with Gasteiger partial charge in [-0.3, -0.25) is 4.68 Å². The predicted octanol–water partition coefficient (Wildman–Crippen LogP) is 1.84. The lowest BCUT2D eigenvalue weighted by Gasteiger charge is -2.04.